The highest BCUT2D eigenvalue weighted by atomic mass is 16.7. The van der Waals surface area contributed by atoms with Crippen LogP contribution in [0.3, 0.4) is 0 Å². The third-order valence-electron chi connectivity index (χ3n) is 5.79. The summed E-state index contributed by atoms with van der Waals surface area (Å²) < 4.78 is 38.3. The van der Waals surface area contributed by atoms with Gasteiger partial charge in [-0.3, -0.25) is 28.8 Å². The molecule has 2 rings (SSSR count). The topological polar surface area (TPSA) is 196 Å². The van der Waals surface area contributed by atoms with Gasteiger partial charge in [0.1, 0.15) is 30.9 Å². The maximum absolute atomic E-state index is 13.3. The van der Waals surface area contributed by atoms with E-state index in [-0.39, 0.29) is 5.75 Å². The van der Waals surface area contributed by atoms with Gasteiger partial charge in [-0.15, -0.1) is 0 Å². The van der Waals surface area contributed by atoms with Crippen molar-refractivity contribution in [3.8, 4) is 5.75 Å². The van der Waals surface area contributed by atoms with Crippen LogP contribution in [0.1, 0.15) is 51.4 Å². The molecule has 0 saturated carbocycles. The third kappa shape index (κ3) is 9.26. The van der Waals surface area contributed by atoms with E-state index in [0.29, 0.717) is 11.8 Å². The molecule has 0 spiro atoms. The second kappa shape index (κ2) is 14.9. The second-order valence-corrected chi connectivity index (χ2v) is 9.22. The minimum absolute atomic E-state index is 0.0183. The number of amides is 1. The first-order chi connectivity index (χ1) is 19.7. The van der Waals surface area contributed by atoms with Gasteiger partial charge >= 0.3 is 35.6 Å². The highest BCUT2D eigenvalue weighted by Gasteiger charge is 2.60. The molecule has 1 aliphatic rings. The van der Waals surface area contributed by atoms with Gasteiger partial charge in [-0.1, -0.05) is 0 Å². The molecule has 1 aliphatic heterocycles. The number of nitrogens with one attached hydrogen (secondary N) is 1. The molecule has 1 N–H and O–H groups in total. The fraction of sp³-hybridized carbons (Fsp3) is 0.519. The summed E-state index contributed by atoms with van der Waals surface area (Å²) in [4.78, 5) is 84.7. The van der Waals surface area contributed by atoms with E-state index in [0.717, 1.165) is 41.7 Å². The number of hydrogen-bond donors (Lipinski definition) is 1. The summed E-state index contributed by atoms with van der Waals surface area (Å²) in [5.41, 5.74) is 0.296. The molecule has 1 saturated heterocycles. The minimum Gasteiger partial charge on any atom is -0.464 e. The summed E-state index contributed by atoms with van der Waals surface area (Å²) in [5, 5.41) is 2.56. The van der Waals surface area contributed by atoms with E-state index in [1.807, 2.05) is 0 Å². The molecule has 42 heavy (non-hydrogen) atoms. The Hall–Kier alpha value is -4.53. The summed E-state index contributed by atoms with van der Waals surface area (Å²) in [6.45, 7) is 4.77. The first-order valence-electron chi connectivity index (χ1n) is 12.6. The average Bonchev–Trinajstić information content (AvgIpc) is 2.90. The Morgan fingerprint density at radius 1 is 0.952 bits per heavy atom. The van der Waals surface area contributed by atoms with Crippen LogP contribution in [0.5, 0.6) is 5.75 Å². The van der Waals surface area contributed by atoms with Crippen LogP contribution in [0.15, 0.2) is 24.3 Å². The molecule has 1 aromatic rings. The van der Waals surface area contributed by atoms with Gasteiger partial charge in [-0.25, -0.2) is 4.79 Å². The molecule has 1 heterocycles. The zero-order valence-electron chi connectivity index (χ0n) is 23.9. The van der Waals surface area contributed by atoms with Crippen LogP contribution >= 0.6 is 0 Å². The van der Waals surface area contributed by atoms with Crippen LogP contribution in [-0.4, -0.2) is 92.0 Å². The van der Waals surface area contributed by atoms with Crippen LogP contribution < -0.4 is 10.1 Å². The molecule has 0 aromatic heterocycles. The van der Waals surface area contributed by atoms with Crippen molar-refractivity contribution in [3.05, 3.63) is 29.8 Å². The first kappa shape index (κ1) is 33.7. The Morgan fingerprint density at radius 2 is 1.57 bits per heavy atom. The van der Waals surface area contributed by atoms with Crippen LogP contribution in [0, 0.1) is 0 Å². The molecule has 1 aromatic carbocycles. The number of methoxy groups -OCH3 is 1. The fourth-order valence-corrected chi connectivity index (χ4v) is 4.31. The quantitative estimate of drug-likeness (QED) is 0.198. The summed E-state index contributed by atoms with van der Waals surface area (Å²) in [6.07, 6.45) is -6.18. The number of rotatable bonds is 12. The summed E-state index contributed by atoms with van der Waals surface area (Å²) in [7, 11) is 1.04. The zero-order chi connectivity index (χ0) is 31.6. The molecule has 230 valence electrons. The predicted octanol–water partition coefficient (Wildman–Crippen LogP) is 0.399. The Balaban J connectivity index is 2.78. The molecule has 0 unspecified atom stereocenters. The molecule has 0 aliphatic carbocycles. The number of benzene rings is 1. The van der Waals surface area contributed by atoms with E-state index in [1.165, 1.54) is 24.3 Å². The van der Waals surface area contributed by atoms with Gasteiger partial charge in [-0.05, 0) is 24.3 Å². The van der Waals surface area contributed by atoms with Gasteiger partial charge in [0.2, 0.25) is 5.91 Å². The molecular formula is C27H33NO14. The van der Waals surface area contributed by atoms with E-state index < -0.39 is 85.0 Å². The molecule has 1 amide bonds. The Kier molecular flexibility index (Phi) is 12.0. The normalized spacial score (nSPS) is 22.8. The monoisotopic (exact) mass is 595 g/mol. The standard InChI is InChI=1S/C27H33NO14/c1-14(30)28-23-21(38-16(3)32)11-27(26(35)36-6,41-20-9-7-19(12-29)8-10-20)42-25(23)24(40-18(5)34)22(39-17(4)33)13-37-15(2)31/h7-10,12,21-25H,11,13H2,1-6H3,(H,28,30)/t21-,22+,23+,24+,25+,27-/m0/s1. The van der Waals surface area contributed by atoms with Crippen molar-refractivity contribution in [1.29, 1.82) is 0 Å². The third-order valence-corrected chi connectivity index (χ3v) is 5.79. The van der Waals surface area contributed by atoms with Crippen molar-refractivity contribution in [2.24, 2.45) is 0 Å². The van der Waals surface area contributed by atoms with Gasteiger partial charge in [-0.2, -0.15) is 0 Å². The summed E-state index contributed by atoms with van der Waals surface area (Å²) in [5.74, 6) is -7.48. The lowest BCUT2D eigenvalue weighted by Gasteiger charge is -2.48. The lowest BCUT2D eigenvalue weighted by atomic mass is 9.88. The number of esters is 5. The SMILES string of the molecule is COC(=O)[C@]1(Oc2ccc(C=O)cc2)C[C@H](OC(C)=O)[C@@H](NC(C)=O)[C@H]([C@H](OC(C)=O)[C@@H](COC(C)=O)OC(C)=O)O1. The lowest BCUT2D eigenvalue weighted by molar-refractivity contribution is -0.289. The minimum atomic E-state index is -2.40. The second-order valence-electron chi connectivity index (χ2n) is 9.22. The highest BCUT2D eigenvalue weighted by molar-refractivity contribution is 5.79. The number of carbonyl (C=O) groups excluding carboxylic acids is 7. The molecule has 15 nitrogen and oxygen atoms in total. The summed E-state index contributed by atoms with van der Waals surface area (Å²) >= 11 is 0. The number of aldehydes is 1. The average molecular weight is 596 g/mol. The van der Waals surface area contributed by atoms with Crippen LogP contribution in [-0.2, 0) is 57.2 Å². The van der Waals surface area contributed by atoms with Crippen molar-refractivity contribution < 1.29 is 66.7 Å². The van der Waals surface area contributed by atoms with Crippen molar-refractivity contribution in [1.82, 2.24) is 5.32 Å². The Bertz CT molecular complexity index is 1180. The number of ether oxygens (including phenoxy) is 7. The van der Waals surface area contributed by atoms with Crippen molar-refractivity contribution >= 4 is 42.0 Å². The Labute approximate surface area is 241 Å². The van der Waals surface area contributed by atoms with Gasteiger partial charge in [0.05, 0.1) is 19.6 Å². The molecular weight excluding hydrogens is 562 g/mol. The van der Waals surface area contributed by atoms with Crippen LogP contribution in [0.4, 0.5) is 0 Å². The van der Waals surface area contributed by atoms with Crippen LogP contribution in [0.25, 0.3) is 0 Å². The first-order valence-corrected chi connectivity index (χ1v) is 12.6. The van der Waals surface area contributed by atoms with Gasteiger partial charge in [0.25, 0.3) is 0 Å². The van der Waals surface area contributed by atoms with E-state index in [4.69, 9.17) is 33.2 Å². The molecule has 1 fully saturated rings. The molecule has 0 radical (unpaired) electrons. The maximum atomic E-state index is 13.3. The molecule has 6 atom stereocenters. The molecule has 15 heteroatoms. The predicted molar refractivity (Wildman–Crippen MR) is 138 cm³/mol. The number of carbonyl (C=O) groups is 7. The largest absolute Gasteiger partial charge is 0.464 e. The van der Waals surface area contributed by atoms with E-state index in [2.05, 4.69) is 5.32 Å². The lowest BCUT2D eigenvalue weighted by Crippen LogP contribution is -2.70. The highest BCUT2D eigenvalue weighted by Crippen LogP contribution is 2.38. The zero-order valence-corrected chi connectivity index (χ0v) is 23.9. The fourth-order valence-electron chi connectivity index (χ4n) is 4.31. The van der Waals surface area contributed by atoms with E-state index >= 15 is 0 Å². The molecule has 0 bridgehead atoms. The summed E-state index contributed by atoms with van der Waals surface area (Å²) in [6, 6.07) is 4.19. The Morgan fingerprint density at radius 3 is 2.05 bits per heavy atom. The number of hydrogen-bond acceptors (Lipinski definition) is 14. The van der Waals surface area contributed by atoms with Crippen molar-refractivity contribution in [3.63, 3.8) is 0 Å². The van der Waals surface area contributed by atoms with E-state index in [1.54, 1.807) is 0 Å². The van der Waals surface area contributed by atoms with Crippen molar-refractivity contribution in [2.45, 2.75) is 77.3 Å². The van der Waals surface area contributed by atoms with Gasteiger partial charge < -0.3 is 38.5 Å². The van der Waals surface area contributed by atoms with Crippen LogP contribution in [0.2, 0.25) is 0 Å². The van der Waals surface area contributed by atoms with Crippen molar-refractivity contribution in [2.75, 3.05) is 13.7 Å². The van der Waals surface area contributed by atoms with Gasteiger partial charge in [0, 0.05) is 40.2 Å². The van der Waals surface area contributed by atoms with E-state index in [9.17, 15) is 33.6 Å². The maximum Gasteiger partial charge on any atom is 0.379 e. The smallest absolute Gasteiger partial charge is 0.379 e. The van der Waals surface area contributed by atoms with Gasteiger partial charge in [0.15, 0.2) is 12.2 Å².